The van der Waals surface area contributed by atoms with Crippen LogP contribution in [0.5, 0.6) is 11.5 Å². The molecule has 0 heterocycles. The van der Waals surface area contributed by atoms with Gasteiger partial charge in [-0.3, -0.25) is 0 Å². The summed E-state index contributed by atoms with van der Waals surface area (Å²) in [6.07, 6.45) is 17.6. The zero-order valence-corrected chi connectivity index (χ0v) is 20.6. The van der Waals surface area contributed by atoms with E-state index in [9.17, 15) is 0 Å². The van der Waals surface area contributed by atoms with Gasteiger partial charge in [0.2, 0.25) is 0 Å². The van der Waals surface area contributed by atoms with Gasteiger partial charge in [0.15, 0.2) is 0 Å². The third kappa shape index (κ3) is 12.4. The van der Waals surface area contributed by atoms with Crippen LogP contribution < -0.4 is 4.74 Å². The number of halogens is 2. The van der Waals surface area contributed by atoms with Crippen LogP contribution in [0, 0.1) is 0 Å². The summed E-state index contributed by atoms with van der Waals surface area (Å²) in [5.74, 6) is 3.42. The molecule has 0 amide bonds. The molecule has 0 radical (unpaired) electrons. The molecule has 2 aromatic rings. The summed E-state index contributed by atoms with van der Waals surface area (Å²) in [5, 5.41) is 0. The molecule has 0 aliphatic heterocycles. The lowest BCUT2D eigenvalue weighted by atomic mass is 10.0. The highest BCUT2D eigenvalue weighted by molar-refractivity contribution is 6.18. The van der Waals surface area contributed by atoms with Crippen molar-refractivity contribution in [3.63, 3.8) is 0 Å². The molecule has 0 N–H and O–H groups in total. The van der Waals surface area contributed by atoms with Crippen molar-refractivity contribution in [2.75, 3.05) is 11.8 Å². The fourth-order valence-corrected chi connectivity index (χ4v) is 4.22. The number of aryl methyl sites for hydroxylation is 2. The zero-order valence-electron chi connectivity index (χ0n) is 19.1. The molecule has 0 unspecified atom stereocenters. The fourth-order valence-electron chi connectivity index (χ4n) is 3.85. The Hall–Kier alpha value is -1.18. The van der Waals surface area contributed by atoms with E-state index in [1.807, 2.05) is 0 Å². The molecular formula is C28H40Cl2O. The van der Waals surface area contributed by atoms with Crippen LogP contribution in [0.15, 0.2) is 48.5 Å². The molecule has 2 aromatic carbocycles. The molecule has 0 aromatic heterocycles. The van der Waals surface area contributed by atoms with Crippen LogP contribution in [0.1, 0.15) is 88.2 Å². The maximum atomic E-state index is 6.03. The molecule has 3 heteroatoms. The lowest BCUT2D eigenvalue weighted by Gasteiger charge is -2.08. The van der Waals surface area contributed by atoms with Crippen LogP contribution >= 0.6 is 23.2 Å². The lowest BCUT2D eigenvalue weighted by molar-refractivity contribution is 0.482. The third-order valence-corrected chi connectivity index (χ3v) is 6.32. The lowest BCUT2D eigenvalue weighted by Crippen LogP contribution is -1.90. The van der Waals surface area contributed by atoms with Crippen LogP contribution in [0.25, 0.3) is 0 Å². The highest BCUT2D eigenvalue weighted by Crippen LogP contribution is 2.23. The predicted octanol–water partition coefficient (Wildman–Crippen LogP) is 9.72. The Bertz CT molecular complexity index is 607. The Morgan fingerprint density at radius 1 is 0.419 bits per heavy atom. The first-order valence-corrected chi connectivity index (χ1v) is 13.4. The van der Waals surface area contributed by atoms with Gasteiger partial charge in [-0.1, -0.05) is 75.6 Å². The fraction of sp³-hybridized carbons (Fsp3) is 0.571. The molecule has 0 bridgehead atoms. The van der Waals surface area contributed by atoms with E-state index < -0.39 is 0 Å². The van der Waals surface area contributed by atoms with E-state index in [-0.39, 0.29) is 0 Å². The van der Waals surface area contributed by atoms with Crippen molar-refractivity contribution in [1.29, 1.82) is 0 Å². The van der Waals surface area contributed by atoms with Crippen LogP contribution in [-0.2, 0) is 12.8 Å². The van der Waals surface area contributed by atoms with E-state index in [4.69, 9.17) is 27.9 Å². The monoisotopic (exact) mass is 462 g/mol. The standard InChI is InChI=1S/C28H40Cl2O/c29-23-11-7-3-1-5-9-13-25-15-19-27(20-16-25)31-28-21-17-26(18-22-28)14-10-6-2-4-8-12-24-30/h15-22H,1-14,23-24H2. The minimum Gasteiger partial charge on any atom is -0.457 e. The number of benzene rings is 2. The molecule has 31 heavy (non-hydrogen) atoms. The molecule has 1 nitrogen and oxygen atoms in total. The molecule has 0 aliphatic rings. The second-order valence-electron chi connectivity index (χ2n) is 8.51. The number of unbranched alkanes of at least 4 members (excludes halogenated alkanes) is 10. The molecule has 2 rings (SSSR count). The van der Waals surface area contributed by atoms with Gasteiger partial charge in [0.25, 0.3) is 0 Å². The average molecular weight is 464 g/mol. The number of ether oxygens (including phenoxy) is 1. The SMILES string of the molecule is ClCCCCCCCCc1ccc(Oc2ccc(CCCCCCCCCl)cc2)cc1. The predicted molar refractivity (Wildman–Crippen MR) is 137 cm³/mol. The Labute approximate surface area is 200 Å². The van der Waals surface area contributed by atoms with Crippen molar-refractivity contribution < 1.29 is 4.74 Å². The number of rotatable bonds is 18. The van der Waals surface area contributed by atoms with Crippen LogP contribution in [0.2, 0.25) is 0 Å². The van der Waals surface area contributed by atoms with Crippen molar-refractivity contribution in [3.8, 4) is 11.5 Å². The maximum Gasteiger partial charge on any atom is 0.127 e. The van der Waals surface area contributed by atoms with Crippen LogP contribution in [0.3, 0.4) is 0 Å². The summed E-state index contributed by atoms with van der Waals surface area (Å²) in [6, 6.07) is 17.2. The summed E-state index contributed by atoms with van der Waals surface area (Å²) in [4.78, 5) is 0. The number of hydrogen-bond donors (Lipinski definition) is 0. The Morgan fingerprint density at radius 2 is 0.742 bits per heavy atom. The Morgan fingerprint density at radius 3 is 1.10 bits per heavy atom. The van der Waals surface area contributed by atoms with E-state index in [0.717, 1.165) is 48.9 Å². The van der Waals surface area contributed by atoms with Gasteiger partial charge in [0, 0.05) is 11.8 Å². The van der Waals surface area contributed by atoms with E-state index >= 15 is 0 Å². The van der Waals surface area contributed by atoms with Crippen molar-refractivity contribution in [2.45, 2.75) is 89.9 Å². The van der Waals surface area contributed by atoms with Gasteiger partial charge < -0.3 is 4.74 Å². The second-order valence-corrected chi connectivity index (χ2v) is 9.27. The van der Waals surface area contributed by atoms with Gasteiger partial charge >= 0.3 is 0 Å². The maximum absolute atomic E-state index is 6.03. The van der Waals surface area contributed by atoms with Crippen LogP contribution in [0.4, 0.5) is 0 Å². The highest BCUT2D eigenvalue weighted by Gasteiger charge is 2.01. The highest BCUT2D eigenvalue weighted by atomic mass is 35.5. The normalized spacial score (nSPS) is 11.0. The van der Waals surface area contributed by atoms with Gasteiger partial charge in [-0.25, -0.2) is 0 Å². The van der Waals surface area contributed by atoms with Gasteiger partial charge in [-0.2, -0.15) is 0 Å². The van der Waals surface area contributed by atoms with Crippen molar-refractivity contribution in [3.05, 3.63) is 59.7 Å². The number of alkyl halides is 2. The van der Waals surface area contributed by atoms with Gasteiger partial charge in [-0.05, 0) is 73.9 Å². The first-order valence-electron chi connectivity index (χ1n) is 12.3. The molecule has 0 saturated heterocycles. The second kappa shape index (κ2) is 17.4. The summed E-state index contributed by atoms with van der Waals surface area (Å²) in [5.41, 5.74) is 2.79. The first-order chi connectivity index (χ1) is 15.3. The minimum atomic E-state index is 0.800. The zero-order chi connectivity index (χ0) is 22.0. The summed E-state index contributed by atoms with van der Waals surface area (Å²) in [6.45, 7) is 0. The van der Waals surface area contributed by atoms with Crippen molar-refractivity contribution >= 4 is 23.2 Å². The molecular weight excluding hydrogens is 423 g/mol. The molecule has 172 valence electrons. The number of hydrogen-bond acceptors (Lipinski definition) is 1. The molecule has 0 spiro atoms. The Kier molecular flexibility index (Phi) is 14.6. The van der Waals surface area contributed by atoms with Gasteiger partial charge in [0.1, 0.15) is 11.5 Å². The molecule has 0 fully saturated rings. The quantitative estimate of drug-likeness (QED) is 0.158. The molecule has 0 saturated carbocycles. The average Bonchev–Trinajstić information content (AvgIpc) is 2.80. The minimum absolute atomic E-state index is 0.800. The largest absolute Gasteiger partial charge is 0.457 e. The molecule has 0 atom stereocenters. The third-order valence-electron chi connectivity index (χ3n) is 5.78. The van der Waals surface area contributed by atoms with E-state index in [1.54, 1.807) is 0 Å². The van der Waals surface area contributed by atoms with Gasteiger partial charge in [0.05, 0.1) is 0 Å². The molecule has 0 aliphatic carbocycles. The summed E-state index contributed by atoms with van der Waals surface area (Å²) >= 11 is 11.4. The van der Waals surface area contributed by atoms with Crippen LogP contribution in [-0.4, -0.2) is 11.8 Å². The Balaban J connectivity index is 1.61. The summed E-state index contributed by atoms with van der Waals surface area (Å²) < 4.78 is 6.03. The van der Waals surface area contributed by atoms with E-state index in [2.05, 4.69) is 48.5 Å². The van der Waals surface area contributed by atoms with E-state index in [0.29, 0.717) is 0 Å². The first kappa shape index (κ1) is 26.1. The smallest absolute Gasteiger partial charge is 0.127 e. The van der Waals surface area contributed by atoms with Crippen molar-refractivity contribution in [2.24, 2.45) is 0 Å². The topological polar surface area (TPSA) is 9.23 Å². The van der Waals surface area contributed by atoms with Crippen molar-refractivity contribution in [1.82, 2.24) is 0 Å². The summed E-state index contributed by atoms with van der Waals surface area (Å²) in [7, 11) is 0. The van der Waals surface area contributed by atoms with E-state index in [1.165, 1.54) is 75.3 Å². The van der Waals surface area contributed by atoms with Gasteiger partial charge in [-0.15, -0.1) is 23.2 Å².